The van der Waals surface area contributed by atoms with Gasteiger partial charge in [-0.2, -0.15) is 0 Å². The molecule has 0 unspecified atom stereocenters. The summed E-state index contributed by atoms with van der Waals surface area (Å²) in [5, 5.41) is 4.37. The number of halogens is 1. The summed E-state index contributed by atoms with van der Waals surface area (Å²) in [7, 11) is 4.28. The number of aromatic nitrogens is 2. The second kappa shape index (κ2) is 11.3. The van der Waals surface area contributed by atoms with Gasteiger partial charge in [-0.15, -0.1) is 0 Å². The molecule has 0 bridgehead atoms. The quantitative estimate of drug-likeness (QED) is 0.422. The first kappa shape index (κ1) is 25.9. The number of ether oxygens (including phenoxy) is 1. The van der Waals surface area contributed by atoms with Gasteiger partial charge in [-0.3, -0.25) is 4.79 Å². The van der Waals surface area contributed by atoms with Crippen LogP contribution in [0.1, 0.15) is 37.9 Å². The zero-order valence-corrected chi connectivity index (χ0v) is 22.3. The molecular weight excluding hydrogens is 474 g/mol. The van der Waals surface area contributed by atoms with Crippen molar-refractivity contribution in [2.45, 2.75) is 45.8 Å². The average Bonchev–Trinajstić information content (AvgIpc) is 2.83. The Morgan fingerprint density at radius 1 is 1.17 bits per heavy atom. The van der Waals surface area contributed by atoms with Gasteiger partial charge in [0.15, 0.2) is 0 Å². The molecular formula is C28H34ClN5O2. The lowest BCUT2D eigenvalue weighted by molar-refractivity contribution is -0.111. The highest BCUT2D eigenvalue weighted by Crippen LogP contribution is 2.26. The summed E-state index contributed by atoms with van der Waals surface area (Å²) in [6, 6.07) is 11.8. The maximum Gasteiger partial charge on any atom is 0.248 e. The smallest absolute Gasteiger partial charge is 0.248 e. The van der Waals surface area contributed by atoms with Crippen LogP contribution in [0.2, 0.25) is 5.02 Å². The highest BCUT2D eigenvalue weighted by Gasteiger charge is 2.22. The van der Waals surface area contributed by atoms with Crippen LogP contribution in [0.4, 0.5) is 11.6 Å². The second-order valence-electron chi connectivity index (χ2n) is 9.70. The molecule has 0 spiro atoms. The van der Waals surface area contributed by atoms with Gasteiger partial charge in [0, 0.05) is 36.3 Å². The first-order valence-corrected chi connectivity index (χ1v) is 12.7. The number of benzene rings is 2. The average molecular weight is 508 g/mol. The number of piperidine rings is 1. The number of aryl methyl sites for hydroxylation is 1. The third-order valence-electron chi connectivity index (χ3n) is 6.38. The Morgan fingerprint density at radius 3 is 2.58 bits per heavy atom. The molecule has 36 heavy (non-hydrogen) atoms. The van der Waals surface area contributed by atoms with Gasteiger partial charge in [0.1, 0.15) is 5.75 Å². The molecule has 2 aromatic carbocycles. The lowest BCUT2D eigenvalue weighted by Gasteiger charge is -2.35. The Kier molecular flexibility index (Phi) is 8.11. The molecule has 1 N–H and O–H groups in total. The monoisotopic (exact) mass is 507 g/mol. The molecule has 1 aliphatic rings. The van der Waals surface area contributed by atoms with E-state index in [9.17, 15) is 4.79 Å². The lowest BCUT2D eigenvalue weighted by Crippen LogP contribution is -2.42. The maximum absolute atomic E-state index is 12.6. The summed E-state index contributed by atoms with van der Waals surface area (Å²) in [5.74, 6) is 1.23. The Balaban J connectivity index is 1.43. The van der Waals surface area contributed by atoms with Crippen molar-refractivity contribution < 1.29 is 9.53 Å². The molecule has 4 rings (SSSR count). The molecule has 1 aromatic heterocycles. The molecule has 0 saturated carbocycles. The van der Waals surface area contributed by atoms with E-state index in [4.69, 9.17) is 26.3 Å². The van der Waals surface area contributed by atoms with Gasteiger partial charge < -0.3 is 19.9 Å². The van der Waals surface area contributed by atoms with Gasteiger partial charge in [0.05, 0.1) is 22.3 Å². The minimum absolute atomic E-state index is 0.0661. The Hall–Kier alpha value is -3.16. The van der Waals surface area contributed by atoms with E-state index in [-0.39, 0.29) is 12.0 Å². The molecule has 0 radical (unpaired) electrons. The van der Waals surface area contributed by atoms with Crippen LogP contribution in [0.5, 0.6) is 5.75 Å². The molecule has 8 heteroatoms. The van der Waals surface area contributed by atoms with Crippen molar-refractivity contribution in [1.29, 1.82) is 0 Å². The normalized spacial score (nSPS) is 14.8. The standard InChI is InChI=1S/C28H34ClN5O2/c1-18(2)36-23-9-6-20(25(29)17-23)7-11-27(35)31-21-8-10-26-24(16-21)19(3)30-28(32-26)34-14-12-22(13-15-34)33(4)5/h6-11,16-18,22H,12-15H2,1-5H3,(H,31,35)/b11-7+. The predicted molar refractivity (Wildman–Crippen MR) is 148 cm³/mol. The number of anilines is 2. The van der Waals surface area contributed by atoms with Crippen molar-refractivity contribution in [2.24, 2.45) is 0 Å². The van der Waals surface area contributed by atoms with E-state index in [2.05, 4.69) is 29.2 Å². The van der Waals surface area contributed by atoms with Gasteiger partial charge in [-0.25, -0.2) is 9.97 Å². The van der Waals surface area contributed by atoms with Crippen LogP contribution in [0.15, 0.2) is 42.5 Å². The predicted octanol–water partition coefficient (Wildman–Crippen LogP) is 5.56. The van der Waals surface area contributed by atoms with Gasteiger partial charge in [0.2, 0.25) is 11.9 Å². The van der Waals surface area contributed by atoms with E-state index < -0.39 is 0 Å². The molecule has 7 nitrogen and oxygen atoms in total. The number of hydrogen-bond acceptors (Lipinski definition) is 6. The van der Waals surface area contributed by atoms with Crippen molar-refractivity contribution in [2.75, 3.05) is 37.4 Å². The fraction of sp³-hybridized carbons (Fsp3) is 0.393. The van der Waals surface area contributed by atoms with E-state index in [1.54, 1.807) is 12.1 Å². The molecule has 1 fully saturated rings. The van der Waals surface area contributed by atoms with Gasteiger partial charge in [0.25, 0.3) is 0 Å². The Labute approximate surface area is 218 Å². The van der Waals surface area contributed by atoms with E-state index in [1.165, 1.54) is 6.08 Å². The van der Waals surface area contributed by atoms with Gasteiger partial charge in [-0.05, 0) is 95.7 Å². The van der Waals surface area contributed by atoms with Crippen molar-refractivity contribution >= 4 is 46.1 Å². The molecule has 190 valence electrons. The highest BCUT2D eigenvalue weighted by atomic mass is 35.5. The second-order valence-corrected chi connectivity index (χ2v) is 10.1. The van der Waals surface area contributed by atoms with E-state index >= 15 is 0 Å². The minimum atomic E-state index is -0.244. The maximum atomic E-state index is 12.6. The van der Waals surface area contributed by atoms with Crippen LogP contribution >= 0.6 is 11.6 Å². The number of hydrogen-bond donors (Lipinski definition) is 1. The van der Waals surface area contributed by atoms with Crippen molar-refractivity contribution in [3.63, 3.8) is 0 Å². The topological polar surface area (TPSA) is 70.6 Å². The van der Waals surface area contributed by atoms with E-state index in [0.29, 0.717) is 22.5 Å². The van der Waals surface area contributed by atoms with Crippen LogP contribution in [-0.4, -0.2) is 60.1 Å². The van der Waals surface area contributed by atoms with Crippen molar-refractivity contribution in [3.8, 4) is 5.75 Å². The number of carbonyl (C=O) groups excluding carboxylic acids is 1. The Morgan fingerprint density at radius 2 is 1.92 bits per heavy atom. The zero-order chi connectivity index (χ0) is 25.8. The van der Waals surface area contributed by atoms with Crippen LogP contribution in [0, 0.1) is 6.92 Å². The fourth-order valence-electron chi connectivity index (χ4n) is 4.41. The summed E-state index contributed by atoms with van der Waals surface area (Å²) in [6.07, 6.45) is 5.44. The molecule has 1 aliphatic heterocycles. The third kappa shape index (κ3) is 6.33. The molecule has 2 heterocycles. The summed E-state index contributed by atoms with van der Waals surface area (Å²) in [6.45, 7) is 7.80. The van der Waals surface area contributed by atoms with Crippen LogP contribution < -0.4 is 15.0 Å². The summed E-state index contributed by atoms with van der Waals surface area (Å²) in [5.41, 5.74) is 3.20. The van der Waals surface area contributed by atoms with Crippen LogP contribution in [0.3, 0.4) is 0 Å². The molecule has 1 saturated heterocycles. The van der Waals surface area contributed by atoms with E-state index in [1.807, 2.05) is 51.1 Å². The highest BCUT2D eigenvalue weighted by molar-refractivity contribution is 6.32. The molecule has 3 aromatic rings. The summed E-state index contributed by atoms with van der Waals surface area (Å²) >= 11 is 6.35. The van der Waals surface area contributed by atoms with E-state index in [0.717, 1.165) is 54.0 Å². The zero-order valence-electron chi connectivity index (χ0n) is 21.6. The number of fused-ring (bicyclic) bond motifs is 1. The minimum Gasteiger partial charge on any atom is -0.491 e. The molecule has 0 aliphatic carbocycles. The SMILES string of the molecule is Cc1nc(N2CCC(N(C)C)CC2)nc2ccc(NC(=O)/C=C/c3ccc(OC(C)C)cc3Cl)cc12. The summed E-state index contributed by atoms with van der Waals surface area (Å²) in [4.78, 5) is 26.7. The number of nitrogens with one attached hydrogen (secondary N) is 1. The third-order valence-corrected chi connectivity index (χ3v) is 6.70. The van der Waals surface area contributed by atoms with Gasteiger partial charge in [-0.1, -0.05) is 11.6 Å². The van der Waals surface area contributed by atoms with Crippen molar-refractivity contribution in [3.05, 3.63) is 58.8 Å². The fourth-order valence-corrected chi connectivity index (χ4v) is 4.64. The number of rotatable bonds is 7. The van der Waals surface area contributed by atoms with Crippen molar-refractivity contribution in [1.82, 2.24) is 14.9 Å². The largest absolute Gasteiger partial charge is 0.491 e. The first-order chi connectivity index (χ1) is 17.2. The lowest BCUT2D eigenvalue weighted by atomic mass is 10.0. The number of nitrogens with zero attached hydrogens (tertiary/aromatic N) is 4. The van der Waals surface area contributed by atoms with Gasteiger partial charge >= 0.3 is 0 Å². The first-order valence-electron chi connectivity index (χ1n) is 12.3. The summed E-state index contributed by atoms with van der Waals surface area (Å²) < 4.78 is 5.65. The van der Waals surface area contributed by atoms with Crippen LogP contribution in [-0.2, 0) is 4.79 Å². The Bertz CT molecular complexity index is 1270. The molecule has 0 atom stereocenters. The number of amides is 1. The molecule has 1 amide bonds. The number of carbonyl (C=O) groups is 1. The van der Waals surface area contributed by atoms with Crippen LogP contribution in [0.25, 0.3) is 17.0 Å².